The maximum Gasteiger partial charge on any atom is 0.277 e. The molecule has 0 bridgehead atoms. The van der Waals surface area contributed by atoms with Gasteiger partial charge in [-0.05, 0) is 11.1 Å². The molecule has 2 aromatic rings. The van der Waals surface area contributed by atoms with Crippen molar-refractivity contribution in [1.82, 2.24) is 14.7 Å². The second-order valence-corrected chi connectivity index (χ2v) is 6.79. The Morgan fingerprint density at radius 3 is 2.00 bits per heavy atom. The van der Waals surface area contributed by atoms with Gasteiger partial charge in [-0.3, -0.25) is 19.4 Å². The molecular formula is C21H21N3O2. The molecule has 5 heteroatoms. The highest BCUT2D eigenvalue weighted by atomic mass is 16.2. The van der Waals surface area contributed by atoms with Crippen LogP contribution in [0.15, 0.2) is 71.9 Å². The molecule has 2 aliphatic heterocycles. The van der Waals surface area contributed by atoms with Crippen molar-refractivity contribution in [1.29, 1.82) is 0 Å². The molecule has 0 N–H and O–H groups in total. The van der Waals surface area contributed by atoms with Gasteiger partial charge in [0.1, 0.15) is 5.70 Å². The largest absolute Gasteiger partial charge is 0.349 e. The summed E-state index contributed by atoms with van der Waals surface area (Å²) in [7, 11) is 1.56. The fourth-order valence-corrected chi connectivity index (χ4v) is 3.62. The highest BCUT2D eigenvalue weighted by Gasteiger charge is 2.42. The first-order valence-corrected chi connectivity index (χ1v) is 8.74. The van der Waals surface area contributed by atoms with E-state index in [4.69, 9.17) is 0 Å². The summed E-state index contributed by atoms with van der Waals surface area (Å²) in [6.45, 7) is 2.48. The van der Waals surface area contributed by atoms with Crippen molar-refractivity contribution < 1.29 is 9.59 Å². The zero-order chi connectivity index (χ0) is 18.1. The maximum atomic E-state index is 12.6. The zero-order valence-corrected chi connectivity index (χ0v) is 14.8. The van der Waals surface area contributed by atoms with Gasteiger partial charge in [0.2, 0.25) is 0 Å². The Labute approximate surface area is 153 Å². The molecule has 0 fully saturated rings. The first kappa shape index (κ1) is 16.5. The summed E-state index contributed by atoms with van der Waals surface area (Å²) in [5.74, 6) is -0.374. The van der Waals surface area contributed by atoms with Crippen LogP contribution in [0, 0.1) is 0 Å². The molecule has 0 spiro atoms. The van der Waals surface area contributed by atoms with Crippen LogP contribution >= 0.6 is 0 Å². The Morgan fingerprint density at radius 1 is 0.808 bits per heavy atom. The van der Waals surface area contributed by atoms with E-state index in [0.29, 0.717) is 31.0 Å². The van der Waals surface area contributed by atoms with E-state index in [9.17, 15) is 9.59 Å². The number of imide groups is 1. The molecule has 5 nitrogen and oxygen atoms in total. The maximum absolute atomic E-state index is 12.6. The van der Waals surface area contributed by atoms with Gasteiger partial charge in [0.05, 0.1) is 12.2 Å². The molecule has 0 saturated heterocycles. The fourth-order valence-electron chi connectivity index (χ4n) is 3.62. The van der Waals surface area contributed by atoms with E-state index in [0.717, 1.165) is 12.1 Å². The summed E-state index contributed by atoms with van der Waals surface area (Å²) in [5.41, 5.74) is 3.48. The summed E-state index contributed by atoms with van der Waals surface area (Å²) in [4.78, 5) is 30.6. The smallest absolute Gasteiger partial charge is 0.277 e. The van der Waals surface area contributed by atoms with Gasteiger partial charge >= 0.3 is 0 Å². The van der Waals surface area contributed by atoms with Gasteiger partial charge in [-0.2, -0.15) is 0 Å². The summed E-state index contributed by atoms with van der Waals surface area (Å²) < 4.78 is 0. The highest BCUT2D eigenvalue weighted by molar-refractivity contribution is 6.19. The average molecular weight is 347 g/mol. The quantitative estimate of drug-likeness (QED) is 0.796. The number of likely N-dealkylation sites (N-methyl/N-ethyl adjacent to an activating group) is 1. The molecule has 2 aliphatic rings. The number of hydrogen-bond acceptors (Lipinski definition) is 4. The van der Waals surface area contributed by atoms with E-state index in [1.807, 2.05) is 53.4 Å². The number of hydrogen-bond donors (Lipinski definition) is 0. The number of amides is 2. The van der Waals surface area contributed by atoms with Crippen molar-refractivity contribution in [3.63, 3.8) is 0 Å². The number of nitrogens with zero attached hydrogens (tertiary/aromatic N) is 3. The minimum atomic E-state index is -0.194. The second kappa shape index (κ2) is 6.77. The summed E-state index contributed by atoms with van der Waals surface area (Å²) in [5, 5.41) is 0. The third kappa shape index (κ3) is 3.02. The Hall–Kier alpha value is -2.92. The zero-order valence-electron chi connectivity index (χ0n) is 14.8. The molecule has 0 saturated carbocycles. The van der Waals surface area contributed by atoms with E-state index in [1.54, 1.807) is 7.05 Å². The van der Waals surface area contributed by atoms with Gasteiger partial charge in [-0.25, -0.2) is 0 Å². The Bertz CT molecular complexity index is 861. The molecule has 2 aromatic carbocycles. The highest BCUT2D eigenvalue weighted by Crippen LogP contribution is 2.29. The molecule has 2 heterocycles. The van der Waals surface area contributed by atoms with Crippen molar-refractivity contribution in [3.8, 4) is 0 Å². The van der Waals surface area contributed by atoms with Crippen LogP contribution in [0.1, 0.15) is 11.1 Å². The average Bonchev–Trinajstić information content (AvgIpc) is 2.88. The van der Waals surface area contributed by atoms with E-state index < -0.39 is 0 Å². The minimum absolute atomic E-state index is 0.180. The van der Waals surface area contributed by atoms with E-state index in [-0.39, 0.29) is 11.8 Å². The lowest BCUT2D eigenvalue weighted by molar-refractivity contribution is -0.136. The first-order valence-electron chi connectivity index (χ1n) is 8.74. The predicted molar refractivity (Wildman–Crippen MR) is 98.5 cm³/mol. The minimum Gasteiger partial charge on any atom is -0.349 e. The topological polar surface area (TPSA) is 43.9 Å². The van der Waals surface area contributed by atoms with Gasteiger partial charge in [0, 0.05) is 26.7 Å². The molecule has 2 amide bonds. The van der Waals surface area contributed by atoms with Crippen LogP contribution in [0.25, 0.3) is 0 Å². The van der Waals surface area contributed by atoms with E-state index in [2.05, 4.69) is 17.0 Å². The molecule has 0 radical (unpaired) electrons. The fraction of sp³-hybridized carbons (Fsp3) is 0.238. The van der Waals surface area contributed by atoms with Crippen LogP contribution in [0.4, 0.5) is 0 Å². The van der Waals surface area contributed by atoms with Gasteiger partial charge < -0.3 is 4.90 Å². The number of carbonyl (C=O) groups excluding carboxylic acids is 2. The molecule has 26 heavy (non-hydrogen) atoms. The Balaban J connectivity index is 1.63. The van der Waals surface area contributed by atoms with E-state index >= 15 is 0 Å². The SMILES string of the molecule is CN1C(=O)C2=C(C1=O)N(Cc1ccccc1)CN(Cc1ccccc1)C2. The van der Waals surface area contributed by atoms with Crippen LogP contribution in [-0.2, 0) is 22.7 Å². The van der Waals surface area contributed by atoms with Crippen molar-refractivity contribution in [2.45, 2.75) is 13.1 Å². The van der Waals surface area contributed by atoms with Crippen LogP contribution in [0.3, 0.4) is 0 Å². The number of carbonyl (C=O) groups is 2. The van der Waals surface area contributed by atoms with E-state index in [1.165, 1.54) is 10.5 Å². The van der Waals surface area contributed by atoms with Crippen LogP contribution < -0.4 is 0 Å². The third-order valence-corrected chi connectivity index (χ3v) is 4.89. The Kier molecular flexibility index (Phi) is 4.31. The third-order valence-electron chi connectivity index (χ3n) is 4.89. The number of benzene rings is 2. The molecule has 0 aliphatic carbocycles. The van der Waals surface area contributed by atoms with Crippen molar-refractivity contribution >= 4 is 11.8 Å². The van der Waals surface area contributed by atoms with Gasteiger partial charge in [0.25, 0.3) is 11.8 Å². The summed E-state index contributed by atoms with van der Waals surface area (Å²) >= 11 is 0. The predicted octanol–water partition coefficient (Wildman–Crippen LogP) is 2.21. The van der Waals surface area contributed by atoms with Crippen LogP contribution in [0.2, 0.25) is 0 Å². The lowest BCUT2D eigenvalue weighted by atomic mass is 10.1. The van der Waals surface area contributed by atoms with Crippen molar-refractivity contribution in [2.75, 3.05) is 20.3 Å². The summed E-state index contributed by atoms with van der Waals surface area (Å²) in [6.07, 6.45) is 0. The van der Waals surface area contributed by atoms with Gasteiger partial charge in [-0.1, -0.05) is 60.7 Å². The molecule has 4 rings (SSSR count). The van der Waals surface area contributed by atoms with Crippen molar-refractivity contribution in [2.24, 2.45) is 0 Å². The van der Waals surface area contributed by atoms with Gasteiger partial charge in [0.15, 0.2) is 0 Å². The lowest BCUT2D eigenvalue weighted by Crippen LogP contribution is -2.44. The molecule has 0 aromatic heterocycles. The standard InChI is InChI=1S/C21H21N3O2/c1-22-20(25)18-14-23(12-16-8-4-2-5-9-16)15-24(19(18)21(22)26)13-17-10-6-3-7-11-17/h2-11H,12-15H2,1H3. The Morgan fingerprint density at radius 2 is 1.38 bits per heavy atom. The van der Waals surface area contributed by atoms with Crippen molar-refractivity contribution in [3.05, 3.63) is 83.1 Å². The summed E-state index contributed by atoms with van der Waals surface area (Å²) in [6, 6.07) is 20.2. The monoisotopic (exact) mass is 347 g/mol. The lowest BCUT2D eigenvalue weighted by Gasteiger charge is -2.36. The number of rotatable bonds is 4. The first-order chi connectivity index (χ1) is 12.6. The molecule has 132 valence electrons. The normalized spacial score (nSPS) is 17.9. The van der Waals surface area contributed by atoms with Crippen LogP contribution in [0.5, 0.6) is 0 Å². The molecular weight excluding hydrogens is 326 g/mol. The second-order valence-electron chi connectivity index (χ2n) is 6.79. The molecule has 0 atom stereocenters. The van der Waals surface area contributed by atoms with Gasteiger partial charge in [-0.15, -0.1) is 0 Å². The van der Waals surface area contributed by atoms with Crippen LogP contribution in [-0.4, -0.2) is 46.8 Å². The molecule has 0 unspecified atom stereocenters.